The number of hydrogen-bond donors (Lipinski definition) is 1. The van der Waals surface area contributed by atoms with Gasteiger partial charge in [0.25, 0.3) is 0 Å². The van der Waals surface area contributed by atoms with Crippen molar-refractivity contribution >= 4 is 11.8 Å². The van der Waals surface area contributed by atoms with Crippen LogP contribution in [0.3, 0.4) is 0 Å². The van der Waals surface area contributed by atoms with Gasteiger partial charge in [-0.3, -0.25) is 9.59 Å². The molecule has 3 rings (SSSR count). The van der Waals surface area contributed by atoms with Crippen molar-refractivity contribution in [1.82, 2.24) is 0 Å². The van der Waals surface area contributed by atoms with Crippen molar-refractivity contribution in [3.63, 3.8) is 0 Å². The number of hydrogen-bond acceptors (Lipinski definition) is 2. The first kappa shape index (κ1) is 8.45. The Bertz CT molecular complexity index is 310. The third-order valence-electron chi connectivity index (χ3n) is 4.10. The molecule has 3 heteroatoms. The van der Waals surface area contributed by atoms with E-state index in [1.807, 2.05) is 0 Å². The highest BCUT2D eigenvalue weighted by molar-refractivity contribution is 5.89. The standard InChI is InChI=1S/C11H14O3/c12-10-7(1-5-3-8(5)10)2-6-4-9(6)11(13)14/h5-9H,1-4H2,(H,13,14)/t5-,6?,7-,8+,9?/m1/s1. The second kappa shape index (κ2) is 2.59. The fourth-order valence-corrected chi connectivity index (χ4v) is 3.03. The van der Waals surface area contributed by atoms with Gasteiger partial charge in [0.1, 0.15) is 5.78 Å². The largest absolute Gasteiger partial charge is 0.481 e. The van der Waals surface area contributed by atoms with Gasteiger partial charge in [0.2, 0.25) is 0 Å². The van der Waals surface area contributed by atoms with Gasteiger partial charge in [0.15, 0.2) is 0 Å². The van der Waals surface area contributed by atoms with Crippen LogP contribution in [0.1, 0.15) is 25.7 Å². The summed E-state index contributed by atoms with van der Waals surface area (Å²) < 4.78 is 0. The van der Waals surface area contributed by atoms with Crippen LogP contribution in [0, 0.1) is 29.6 Å². The van der Waals surface area contributed by atoms with Crippen LogP contribution in [0.4, 0.5) is 0 Å². The zero-order valence-electron chi connectivity index (χ0n) is 7.98. The van der Waals surface area contributed by atoms with Crippen molar-refractivity contribution < 1.29 is 14.7 Å². The molecule has 0 bridgehead atoms. The topological polar surface area (TPSA) is 54.4 Å². The number of rotatable bonds is 3. The molecule has 0 heterocycles. The number of carboxylic acids is 1. The van der Waals surface area contributed by atoms with E-state index in [4.69, 9.17) is 5.11 Å². The Morgan fingerprint density at radius 1 is 1.36 bits per heavy atom. The van der Waals surface area contributed by atoms with Gasteiger partial charge in [-0.1, -0.05) is 0 Å². The summed E-state index contributed by atoms with van der Waals surface area (Å²) >= 11 is 0. The Labute approximate surface area is 82.5 Å². The average molecular weight is 194 g/mol. The van der Waals surface area contributed by atoms with E-state index in [-0.39, 0.29) is 11.8 Å². The molecule has 0 aromatic carbocycles. The van der Waals surface area contributed by atoms with Gasteiger partial charge in [-0.15, -0.1) is 0 Å². The van der Waals surface area contributed by atoms with Crippen molar-refractivity contribution in [3.8, 4) is 0 Å². The third kappa shape index (κ3) is 1.18. The first-order valence-electron chi connectivity index (χ1n) is 5.43. The molecule has 76 valence electrons. The number of carboxylic acid groups (broad SMARTS) is 1. The van der Waals surface area contributed by atoms with E-state index < -0.39 is 5.97 Å². The quantitative estimate of drug-likeness (QED) is 0.737. The molecule has 0 aromatic rings. The van der Waals surface area contributed by atoms with E-state index in [0.717, 1.165) is 25.7 Å². The predicted octanol–water partition coefficient (Wildman–Crippen LogP) is 1.32. The molecular formula is C11H14O3. The Kier molecular flexibility index (Phi) is 1.56. The lowest BCUT2D eigenvalue weighted by Gasteiger charge is -2.08. The van der Waals surface area contributed by atoms with Crippen LogP contribution in [0.5, 0.6) is 0 Å². The van der Waals surface area contributed by atoms with E-state index in [0.29, 0.717) is 23.5 Å². The van der Waals surface area contributed by atoms with E-state index in [9.17, 15) is 9.59 Å². The van der Waals surface area contributed by atoms with Crippen molar-refractivity contribution in [3.05, 3.63) is 0 Å². The maximum Gasteiger partial charge on any atom is 0.306 e. The van der Waals surface area contributed by atoms with Crippen molar-refractivity contribution in [2.45, 2.75) is 25.7 Å². The molecule has 0 aromatic heterocycles. The van der Waals surface area contributed by atoms with Crippen LogP contribution in [0.15, 0.2) is 0 Å². The monoisotopic (exact) mass is 194 g/mol. The Balaban J connectivity index is 1.55. The maximum absolute atomic E-state index is 11.6. The number of carbonyl (C=O) groups is 2. The SMILES string of the molecule is O=C(O)C1CC1C[C@H]1C[C@@H]2C[C@@H]2C1=O. The molecule has 0 spiro atoms. The van der Waals surface area contributed by atoms with Gasteiger partial charge in [-0.2, -0.15) is 0 Å². The summed E-state index contributed by atoms with van der Waals surface area (Å²) in [5, 5.41) is 8.74. The van der Waals surface area contributed by atoms with E-state index in [1.54, 1.807) is 0 Å². The number of fused-ring (bicyclic) bond motifs is 1. The summed E-state index contributed by atoms with van der Waals surface area (Å²) in [6.07, 6.45) is 3.81. The number of Topliss-reactive ketones (excluding diaryl/α,β-unsaturated/α-hetero) is 1. The first-order chi connectivity index (χ1) is 6.66. The van der Waals surface area contributed by atoms with Crippen LogP contribution in [-0.2, 0) is 9.59 Å². The summed E-state index contributed by atoms with van der Waals surface area (Å²) in [5.41, 5.74) is 0. The van der Waals surface area contributed by atoms with Crippen LogP contribution in [-0.4, -0.2) is 16.9 Å². The molecule has 0 radical (unpaired) electrons. The maximum atomic E-state index is 11.6. The fraction of sp³-hybridized carbons (Fsp3) is 0.818. The summed E-state index contributed by atoms with van der Waals surface area (Å²) in [5.74, 6) is 1.19. The zero-order valence-corrected chi connectivity index (χ0v) is 7.98. The molecule has 3 aliphatic carbocycles. The van der Waals surface area contributed by atoms with Crippen LogP contribution in [0.2, 0.25) is 0 Å². The lowest BCUT2D eigenvalue weighted by atomic mass is 9.95. The van der Waals surface area contributed by atoms with Gasteiger partial charge in [0.05, 0.1) is 5.92 Å². The Morgan fingerprint density at radius 2 is 2.14 bits per heavy atom. The molecule has 0 saturated heterocycles. The molecule has 3 aliphatic rings. The van der Waals surface area contributed by atoms with Crippen molar-refractivity contribution in [1.29, 1.82) is 0 Å². The van der Waals surface area contributed by atoms with Crippen LogP contribution in [0.25, 0.3) is 0 Å². The molecular weight excluding hydrogens is 180 g/mol. The highest BCUT2D eigenvalue weighted by atomic mass is 16.4. The number of carbonyl (C=O) groups excluding carboxylic acids is 1. The number of aliphatic carboxylic acids is 1. The van der Waals surface area contributed by atoms with E-state index >= 15 is 0 Å². The molecule has 0 aliphatic heterocycles. The van der Waals surface area contributed by atoms with Crippen LogP contribution < -0.4 is 0 Å². The molecule has 1 N–H and O–H groups in total. The average Bonchev–Trinajstić information content (AvgIpc) is 2.96. The second-order valence-electron chi connectivity index (χ2n) is 5.11. The van der Waals surface area contributed by atoms with Crippen molar-refractivity contribution in [2.24, 2.45) is 29.6 Å². The minimum absolute atomic E-state index is 0.139. The highest BCUT2D eigenvalue weighted by Crippen LogP contribution is 2.55. The molecule has 3 saturated carbocycles. The summed E-state index contributed by atoms with van der Waals surface area (Å²) in [6.45, 7) is 0. The summed E-state index contributed by atoms with van der Waals surface area (Å²) in [4.78, 5) is 22.3. The van der Waals surface area contributed by atoms with Gasteiger partial charge >= 0.3 is 5.97 Å². The molecule has 3 nitrogen and oxygen atoms in total. The van der Waals surface area contributed by atoms with Crippen LogP contribution >= 0.6 is 0 Å². The van der Waals surface area contributed by atoms with E-state index in [2.05, 4.69) is 0 Å². The van der Waals surface area contributed by atoms with Gasteiger partial charge in [-0.25, -0.2) is 0 Å². The normalized spacial score (nSPS) is 48.9. The van der Waals surface area contributed by atoms with Gasteiger partial charge in [-0.05, 0) is 37.5 Å². The molecule has 5 atom stereocenters. The Morgan fingerprint density at radius 3 is 2.64 bits per heavy atom. The predicted molar refractivity (Wildman–Crippen MR) is 48.6 cm³/mol. The third-order valence-corrected chi connectivity index (χ3v) is 4.10. The first-order valence-corrected chi connectivity index (χ1v) is 5.43. The molecule has 14 heavy (non-hydrogen) atoms. The lowest BCUT2D eigenvalue weighted by molar-refractivity contribution is -0.139. The fourth-order valence-electron chi connectivity index (χ4n) is 3.03. The lowest BCUT2D eigenvalue weighted by Crippen LogP contribution is -2.13. The molecule has 2 unspecified atom stereocenters. The van der Waals surface area contributed by atoms with Gasteiger partial charge in [0, 0.05) is 11.8 Å². The smallest absolute Gasteiger partial charge is 0.306 e. The minimum atomic E-state index is -0.675. The zero-order chi connectivity index (χ0) is 9.87. The number of ketones is 1. The van der Waals surface area contributed by atoms with Crippen molar-refractivity contribution in [2.75, 3.05) is 0 Å². The summed E-state index contributed by atoms with van der Waals surface area (Å²) in [6, 6.07) is 0. The Hall–Kier alpha value is -0.860. The summed E-state index contributed by atoms with van der Waals surface area (Å²) in [7, 11) is 0. The molecule has 3 fully saturated rings. The van der Waals surface area contributed by atoms with E-state index in [1.165, 1.54) is 0 Å². The minimum Gasteiger partial charge on any atom is -0.481 e. The molecule has 0 amide bonds. The highest BCUT2D eigenvalue weighted by Gasteiger charge is 2.55. The van der Waals surface area contributed by atoms with Gasteiger partial charge < -0.3 is 5.11 Å². The second-order valence-corrected chi connectivity index (χ2v) is 5.11.